The number of nitrogens with one attached hydrogen (secondary N) is 2. The molecule has 0 spiro atoms. The van der Waals surface area contributed by atoms with Gasteiger partial charge in [-0.2, -0.15) is 0 Å². The van der Waals surface area contributed by atoms with Gasteiger partial charge in [-0.05, 0) is 24.6 Å². The van der Waals surface area contributed by atoms with Crippen LogP contribution in [0.1, 0.15) is 6.92 Å². The Morgan fingerprint density at radius 3 is 2.91 bits per heavy atom. The lowest BCUT2D eigenvalue weighted by atomic mass is 10.1. The molecule has 0 aromatic carbocycles. The predicted molar refractivity (Wildman–Crippen MR) is 46.8 cm³/mol. The summed E-state index contributed by atoms with van der Waals surface area (Å²) in [7, 11) is 0. The fourth-order valence-corrected chi connectivity index (χ4v) is 0.809. The Morgan fingerprint density at radius 1 is 1.55 bits per heavy atom. The van der Waals surface area contributed by atoms with Gasteiger partial charge >= 0.3 is 0 Å². The average molecular weight is 147 g/mol. The molecule has 0 fully saturated rings. The summed E-state index contributed by atoms with van der Waals surface area (Å²) in [5.41, 5.74) is 1.70. The molecule has 0 unspecified atom stereocenters. The third kappa shape index (κ3) is 1.70. The van der Waals surface area contributed by atoms with Gasteiger partial charge in [0.05, 0.1) is 0 Å². The van der Waals surface area contributed by atoms with Crippen LogP contribution in [-0.4, -0.2) is 18.3 Å². The summed E-state index contributed by atoms with van der Waals surface area (Å²) in [5, 5.41) is 14.1. The molecule has 1 rings (SSSR count). The van der Waals surface area contributed by atoms with Crippen molar-refractivity contribution in [1.82, 2.24) is 0 Å². The smallest absolute Gasteiger partial charge is 0.151 e. The zero-order valence-electron chi connectivity index (χ0n) is 6.26. The van der Waals surface area contributed by atoms with Crippen LogP contribution < -0.4 is 0 Å². The van der Waals surface area contributed by atoms with Crippen molar-refractivity contribution in [1.29, 1.82) is 10.8 Å². The Hall–Kier alpha value is -1.51. The van der Waals surface area contributed by atoms with E-state index in [1.807, 2.05) is 13.0 Å². The highest BCUT2D eigenvalue weighted by Gasteiger charge is 2.03. The summed E-state index contributed by atoms with van der Waals surface area (Å²) < 4.78 is 0. The molecular formula is C8H9N3. The first kappa shape index (κ1) is 7.60. The normalized spacial score (nSPS) is 20.3. The van der Waals surface area contributed by atoms with E-state index in [4.69, 9.17) is 10.8 Å². The van der Waals surface area contributed by atoms with Gasteiger partial charge in [0.15, 0.2) is 5.84 Å². The predicted octanol–water partition coefficient (Wildman–Crippen LogP) is 1.57. The second kappa shape index (κ2) is 3.05. The van der Waals surface area contributed by atoms with E-state index in [0.717, 1.165) is 11.8 Å². The summed E-state index contributed by atoms with van der Waals surface area (Å²) in [6, 6.07) is 0. The highest BCUT2D eigenvalue weighted by atomic mass is 14.8. The van der Waals surface area contributed by atoms with E-state index in [-0.39, 0.29) is 5.84 Å². The van der Waals surface area contributed by atoms with Crippen LogP contribution in [-0.2, 0) is 0 Å². The van der Waals surface area contributed by atoms with Crippen LogP contribution in [0.15, 0.2) is 28.3 Å². The highest BCUT2D eigenvalue weighted by Crippen LogP contribution is 2.08. The lowest BCUT2D eigenvalue weighted by Crippen LogP contribution is -2.02. The lowest BCUT2D eigenvalue weighted by molar-refractivity contribution is 1.40. The van der Waals surface area contributed by atoms with Gasteiger partial charge in [-0.15, -0.1) is 0 Å². The van der Waals surface area contributed by atoms with Crippen molar-refractivity contribution in [2.75, 3.05) is 0 Å². The largest absolute Gasteiger partial charge is 0.309 e. The summed E-state index contributed by atoms with van der Waals surface area (Å²) in [6.45, 7) is 1.91. The van der Waals surface area contributed by atoms with Gasteiger partial charge in [-0.25, -0.2) is 4.99 Å². The first-order chi connectivity index (χ1) is 5.24. The maximum absolute atomic E-state index is 7.33. The van der Waals surface area contributed by atoms with Crippen molar-refractivity contribution < 1.29 is 0 Å². The Balaban J connectivity index is 2.99. The van der Waals surface area contributed by atoms with Crippen LogP contribution in [0.4, 0.5) is 0 Å². The molecule has 3 heteroatoms. The van der Waals surface area contributed by atoms with E-state index in [1.54, 1.807) is 12.3 Å². The minimum Gasteiger partial charge on any atom is -0.309 e. The SMILES string of the molecule is CC1=C/C(=C/C=N)C(=N)N=C1. The number of nitrogens with zero attached hydrogens (tertiary/aromatic N) is 1. The maximum atomic E-state index is 7.33. The van der Waals surface area contributed by atoms with Gasteiger partial charge < -0.3 is 5.41 Å². The van der Waals surface area contributed by atoms with Gasteiger partial charge in [0, 0.05) is 18.0 Å². The molecule has 0 bridgehead atoms. The topological polar surface area (TPSA) is 60.1 Å². The number of hydrogen-bond donors (Lipinski definition) is 2. The third-order valence-electron chi connectivity index (χ3n) is 1.32. The molecule has 0 atom stereocenters. The van der Waals surface area contributed by atoms with E-state index in [9.17, 15) is 0 Å². The van der Waals surface area contributed by atoms with Crippen molar-refractivity contribution in [2.45, 2.75) is 6.92 Å². The van der Waals surface area contributed by atoms with Crippen LogP contribution in [0.3, 0.4) is 0 Å². The fourth-order valence-electron chi connectivity index (χ4n) is 0.809. The molecule has 0 saturated carbocycles. The monoisotopic (exact) mass is 147 g/mol. The van der Waals surface area contributed by atoms with Crippen molar-refractivity contribution in [3.8, 4) is 0 Å². The van der Waals surface area contributed by atoms with Crippen LogP contribution in [0.5, 0.6) is 0 Å². The summed E-state index contributed by atoms with van der Waals surface area (Å²) in [6.07, 6.45) is 6.20. The summed E-state index contributed by atoms with van der Waals surface area (Å²) >= 11 is 0. The Morgan fingerprint density at radius 2 is 2.27 bits per heavy atom. The van der Waals surface area contributed by atoms with Crippen LogP contribution in [0.25, 0.3) is 0 Å². The van der Waals surface area contributed by atoms with Crippen LogP contribution in [0, 0.1) is 10.8 Å². The molecule has 1 heterocycles. The third-order valence-corrected chi connectivity index (χ3v) is 1.32. The average Bonchev–Trinajstić information content (AvgIpc) is 1.98. The van der Waals surface area contributed by atoms with Crippen molar-refractivity contribution in [3.05, 3.63) is 23.3 Å². The molecule has 3 nitrogen and oxygen atoms in total. The molecule has 0 amide bonds. The molecule has 2 N–H and O–H groups in total. The molecule has 1 aliphatic rings. The van der Waals surface area contributed by atoms with Gasteiger partial charge in [-0.1, -0.05) is 0 Å². The van der Waals surface area contributed by atoms with Crippen LogP contribution >= 0.6 is 0 Å². The Labute approximate surface area is 65.2 Å². The van der Waals surface area contributed by atoms with Gasteiger partial charge in [0.25, 0.3) is 0 Å². The molecule has 0 saturated heterocycles. The molecule has 11 heavy (non-hydrogen) atoms. The summed E-state index contributed by atoms with van der Waals surface area (Å²) in [5.74, 6) is 0.221. The minimum absolute atomic E-state index is 0.221. The van der Waals surface area contributed by atoms with Gasteiger partial charge in [-0.3, -0.25) is 5.41 Å². The summed E-state index contributed by atoms with van der Waals surface area (Å²) in [4.78, 5) is 3.83. The first-order valence-corrected chi connectivity index (χ1v) is 3.26. The zero-order chi connectivity index (χ0) is 8.27. The molecule has 1 aliphatic heterocycles. The standard InChI is InChI=1S/C8H9N3/c1-6-4-7(2-3-9)8(10)11-5-6/h2-5,9-10H,1H3/b7-2-,9-3?,10-8?. The second-order valence-corrected chi connectivity index (χ2v) is 2.28. The van der Waals surface area contributed by atoms with Gasteiger partial charge in [0.2, 0.25) is 0 Å². The second-order valence-electron chi connectivity index (χ2n) is 2.28. The number of dihydropyridines is 1. The highest BCUT2D eigenvalue weighted by molar-refractivity contribution is 6.10. The molecule has 56 valence electrons. The number of aliphatic imine (C=N–C) groups is 1. The number of hydrogen-bond acceptors (Lipinski definition) is 2. The molecule has 0 aromatic heterocycles. The number of amidine groups is 1. The van der Waals surface area contributed by atoms with E-state index in [1.165, 1.54) is 0 Å². The molecule has 0 aromatic rings. The van der Waals surface area contributed by atoms with Gasteiger partial charge in [0.1, 0.15) is 0 Å². The van der Waals surface area contributed by atoms with E-state index < -0.39 is 0 Å². The van der Waals surface area contributed by atoms with E-state index >= 15 is 0 Å². The fraction of sp³-hybridized carbons (Fsp3) is 0.125. The quantitative estimate of drug-likeness (QED) is 0.529. The van der Waals surface area contributed by atoms with E-state index in [0.29, 0.717) is 5.57 Å². The van der Waals surface area contributed by atoms with Crippen molar-refractivity contribution >= 4 is 18.3 Å². The lowest BCUT2D eigenvalue weighted by Gasteiger charge is -2.04. The molecule has 0 aliphatic carbocycles. The zero-order valence-corrected chi connectivity index (χ0v) is 6.26. The molecular weight excluding hydrogens is 138 g/mol. The van der Waals surface area contributed by atoms with Crippen molar-refractivity contribution in [2.24, 2.45) is 4.99 Å². The van der Waals surface area contributed by atoms with Crippen LogP contribution in [0.2, 0.25) is 0 Å². The Kier molecular flexibility index (Phi) is 2.11. The number of allylic oxidation sites excluding steroid dienone is 2. The van der Waals surface area contributed by atoms with E-state index in [2.05, 4.69) is 4.99 Å². The minimum atomic E-state index is 0.221. The van der Waals surface area contributed by atoms with Crippen molar-refractivity contribution in [3.63, 3.8) is 0 Å². The Bertz CT molecular complexity index is 282. The number of rotatable bonds is 1. The first-order valence-electron chi connectivity index (χ1n) is 3.26. The molecule has 0 radical (unpaired) electrons. The maximum Gasteiger partial charge on any atom is 0.151 e.